The van der Waals surface area contributed by atoms with Crippen LogP contribution < -0.4 is 10.2 Å². The molecule has 4 aliphatic rings. The molecular formula is C27H35F3N6O2. The van der Waals surface area contributed by atoms with Gasteiger partial charge in [0.25, 0.3) is 0 Å². The molecule has 1 fully saturated rings. The third-order valence-corrected chi connectivity index (χ3v) is 7.67. The summed E-state index contributed by atoms with van der Waals surface area (Å²) in [5.74, 6) is 1.51. The molecule has 1 aromatic carbocycles. The van der Waals surface area contributed by atoms with Gasteiger partial charge in [0.2, 0.25) is 0 Å². The van der Waals surface area contributed by atoms with Crippen LogP contribution in [0.2, 0.25) is 0 Å². The van der Waals surface area contributed by atoms with Crippen LogP contribution in [0.15, 0.2) is 57.5 Å². The summed E-state index contributed by atoms with van der Waals surface area (Å²) in [7, 11) is 4.15. The van der Waals surface area contributed by atoms with Gasteiger partial charge in [-0.05, 0) is 51.9 Å². The van der Waals surface area contributed by atoms with Crippen LogP contribution in [0.5, 0.6) is 5.75 Å². The number of hydrazine groups is 1. The number of aliphatic imine (C=N–C) groups is 2. The van der Waals surface area contributed by atoms with Gasteiger partial charge >= 0.3 is 6.36 Å². The van der Waals surface area contributed by atoms with Crippen molar-refractivity contribution in [2.45, 2.75) is 45.5 Å². The minimum Gasteiger partial charge on any atom is -0.486 e. The lowest BCUT2D eigenvalue weighted by Crippen LogP contribution is -2.54. The van der Waals surface area contributed by atoms with Crippen LogP contribution in [0.4, 0.5) is 13.2 Å². The molecular weight excluding hydrogens is 497 g/mol. The lowest BCUT2D eigenvalue weighted by molar-refractivity contribution is -0.274. The van der Waals surface area contributed by atoms with Gasteiger partial charge in [-0.15, -0.1) is 13.2 Å². The highest BCUT2D eigenvalue weighted by Gasteiger charge is 2.40. The molecule has 0 amide bonds. The highest BCUT2D eigenvalue weighted by atomic mass is 19.4. The number of ether oxygens (including phenoxy) is 2. The Bertz CT molecular complexity index is 1190. The molecule has 206 valence electrons. The number of rotatable bonds is 5. The number of hydrogen-bond donors (Lipinski definition) is 1. The Kier molecular flexibility index (Phi) is 7.06. The van der Waals surface area contributed by atoms with Crippen molar-refractivity contribution in [1.82, 2.24) is 20.2 Å². The van der Waals surface area contributed by atoms with E-state index < -0.39 is 6.36 Å². The Balaban J connectivity index is 1.56. The third-order valence-electron chi connectivity index (χ3n) is 7.67. The van der Waals surface area contributed by atoms with Crippen molar-refractivity contribution in [3.63, 3.8) is 0 Å². The zero-order chi connectivity index (χ0) is 27.1. The molecule has 0 aliphatic carbocycles. The number of nitrogens with zero attached hydrogens (tertiary/aromatic N) is 5. The number of likely N-dealkylation sites (tertiary alicyclic amines) is 1. The molecule has 11 heteroatoms. The molecule has 0 saturated carbocycles. The van der Waals surface area contributed by atoms with E-state index in [1.54, 1.807) is 12.1 Å². The van der Waals surface area contributed by atoms with Crippen LogP contribution in [0.3, 0.4) is 0 Å². The zero-order valence-corrected chi connectivity index (χ0v) is 22.3. The number of likely N-dealkylation sites (N-methyl/N-ethyl adjacent to an activating group) is 1. The van der Waals surface area contributed by atoms with Gasteiger partial charge in [-0.25, -0.2) is 5.01 Å². The molecule has 0 radical (unpaired) electrons. The topological polar surface area (TPSA) is 64.9 Å². The highest BCUT2D eigenvalue weighted by Crippen LogP contribution is 2.36. The minimum absolute atomic E-state index is 0.0891. The number of hydrogen-bond acceptors (Lipinski definition) is 7. The van der Waals surface area contributed by atoms with E-state index in [1.165, 1.54) is 12.1 Å². The standard InChI is InChI=1S/C27H35F3N6O2/c1-5-26(11-12-34(3)17-26)16-31-24-23-22(35(4)13-14-37-23)21-10-9-18(2)32-25(36(21)33-24)19-7-6-8-20(15-19)38-27(28,29)30/h6-8,10,15,18H,5,9,11-14,16-17H2,1-4H3,(H,31,33). The Hall–Kier alpha value is -3.21. The van der Waals surface area contributed by atoms with Gasteiger partial charge in [-0.1, -0.05) is 25.1 Å². The normalized spacial score (nSPS) is 27.2. The van der Waals surface area contributed by atoms with Crippen molar-refractivity contribution in [3.8, 4) is 5.75 Å². The molecule has 0 bridgehead atoms. The predicted octanol–water partition coefficient (Wildman–Crippen LogP) is 4.13. The van der Waals surface area contributed by atoms with E-state index in [1.807, 2.05) is 19.0 Å². The van der Waals surface area contributed by atoms with Crippen molar-refractivity contribution in [3.05, 3.63) is 53.1 Å². The summed E-state index contributed by atoms with van der Waals surface area (Å²) in [6, 6.07) is 5.85. The van der Waals surface area contributed by atoms with E-state index in [0.29, 0.717) is 49.1 Å². The van der Waals surface area contributed by atoms with Gasteiger partial charge in [-0.3, -0.25) is 15.4 Å². The Morgan fingerprint density at radius 2 is 2.08 bits per heavy atom. The lowest BCUT2D eigenvalue weighted by atomic mass is 9.84. The average molecular weight is 533 g/mol. The number of benzene rings is 1. The first-order valence-corrected chi connectivity index (χ1v) is 13.1. The van der Waals surface area contributed by atoms with Crippen molar-refractivity contribution >= 4 is 11.7 Å². The molecule has 4 aliphatic heterocycles. The number of alkyl halides is 3. The summed E-state index contributed by atoms with van der Waals surface area (Å²) in [5, 5.41) is 1.83. The van der Waals surface area contributed by atoms with Crippen LogP contribution in [0.25, 0.3) is 0 Å². The second kappa shape index (κ2) is 10.2. The Labute approximate surface area is 221 Å². The summed E-state index contributed by atoms with van der Waals surface area (Å²) in [6.45, 7) is 8.11. The van der Waals surface area contributed by atoms with Gasteiger partial charge < -0.3 is 19.3 Å². The molecule has 0 spiro atoms. The largest absolute Gasteiger partial charge is 0.573 e. The summed E-state index contributed by atoms with van der Waals surface area (Å²) in [4.78, 5) is 14.4. The van der Waals surface area contributed by atoms with Crippen molar-refractivity contribution in [1.29, 1.82) is 0 Å². The van der Waals surface area contributed by atoms with Gasteiger partial charge in [0.15, 0.2) is 17.4 Å². The first-order valence-electron chi connectivity index (χ1n) is 13.1. The molecule has 0 aromatic heterocycles. The number of fused-ring (bicyclic) bond motifs is 2. The van der Waals surface area contributed by atoms with Gasteiger partial charge in [0, 0.05) is 31.1 Å². The van der Waals surface area contributed by atoms with E-state index in [4.69, 9.17) is 14.7 Å². The average Bonchev–Trinajstić information content (AvgIpc) is 3.16. The summed E-state index contributed by atoms with van der Waals surface area (Å²) < 4.78 is 49.3. The van der Waals surface area contributed by atoms with E-state index in [2.05, 4.69) is 40.0 Å². The fourth-order valence-corrected chi connectivity index (χ4v) is 5.49. The van der Waals surface area contributed by atoms with Crippen LogP contribution in [-0.4, -0.2) is 85.8 Å². The number of amidine groups is 2. The Morgan fingerprint density at radius 1 is 1.26 bits per heavy atom. The molecule has 38 heavy (non-hydrogen) atoms. The number of halogens is 3. The maximum absolute atomic E-state index is 13.0. The third kappa shape index (κ3) is 5.34. The second-order valence-corrected chi connectivity index (χ2v) is 10.6. The van der Waals surface area contributed by atoms with Crippen LogP contribution >= 0.6 is 0 Å². The van der Waals surface area contributed by atoms with Crippen LogP contribution in [0.1, 0.15) is 38.7 Å². The molecule has 2 unspecified atom stereocenters. The molecule has 5 rings (SSSR count). The number of nitrogens with one attached hydrogen (secondary N) is 1. The fourth-order valence-electron chi connectivity index (χ4n) is 5.49. The maximum Gasteiger partial charge on any atom is 0.573 e. The van der Waals surface area contributed by atoms with Gasteiger partial charge in [0.05, 0.1) is 18.3 Å². The summed E-state index contributed by atoms with van der Waals surface area (Å²) in [5.41, 5.74) is 5.76. The molecule has 1 saturated heterocycles. The summed E-state index contributed by atoms with van der Waals surface area (Å²) in [6.07, 6.45) is 0.0797. The maximum atomic E-state index is 13.0. The lowest BCUT2D eigenvalue weighted by Gasteiger charge is -2.41. The van der Waals surface area contributed by atoms with E-state index in [9.17, 15) is 13.2 Å². The summed E-state index contributed by atoms with van der Waals surface area (Å²) >= 11 is 0. The van der Waals surface area contributed by atoms with Crippen molar-refractivity contribution in [2.75, 3.05) is 46.9 Å². The smallest absolute Gasteiger partial charge is 0.486 e. The molecule has 4 heterocycles. The molecule has 1 aromatic rings. The monoisotopic (exact) mass is 532 g/mol. The molecule has 1 N–H and O–H groups in total. The van der Waals surface area contributed by atoms with Crippen LogP contribution in [-0.2, 0) is 4.74 Å². The van der Waals surface area contributed by atoms with Gasteiger partial charge in [-0.2, -0.15) is 0 Å². The minimum atomic E-state index is -4.78. The molecule has 8 nitrogen and oxygen atoms in total. The van der Waals surface area contributed by atoms with Crippen molar-refractivity contribution < 1.29 is 22.6 Å². The molecule has 2 atom stereocenters. The predicted molar refractivity (Wildman–Crippen MR) is 140 cm³/mol. The SMILES string of the molecule is CCC1(CN=C2NN3C(=CCC(C)N=C3c3cccc(OC(F)(F)F)c3)C3=C2OCCN3C)CCN(C)C1. The van der Waals surface area contributed by atoms with Crippen LogP contribution in [0, 0.1) is 5.41 Å². The Morgan fingerprint density at radius 3 is 2.79 bits per heavy atom. The van der Waals surface area contributed by atoms with E-state index in [-0.39, 0.29) is 17.2 Å². The van der Waals surface area contributed by atoms with Crippen molar-refractivity contribution in [2.24, 2.45) is 15.4 Å². The van der Waals surface area contributed by atoms with E-state index >= 15 is 0 Å². The fraction of sp³-hybridized carbons (Fsp3) is 0.556. The van der Waals surface area contributed by atoms with Gasteiger partial charge in [0.1, 0.15) is 18.1 Å². The van der Waals surface area contributed by atoms with E-state index in [0.717, 1.165) is 37.3 Å². The highest BCUT2D eigenvalue weighted by molar-refractivity contribution is 6.06. The first kappa shape index (κ1) is 26.4. The quantitative estimate of drug-likeness (QED) is 0.615. The zero-order valence-electron chi connectivity index (χ0n) is 22.3. The first-order chi connectivity index (χ1) is 18.1. The second-order valence-electron chi connectivity index (χ2n) is 10.6.